The van der Waals surface area contributed by atoms with Crippen LogP contribution in [-0.2, 0) is 0 Å². The average Bonchev–Trinajstić information content (AvgIpc) is 3.49. The van der Waals surface area contributed by atoms with Crippen molar-refractivity contribution in [1.29, 1.82) is 0 Å². The number of aromatic nitrogens is 1. The standard InChI is InChI=1S/C24H25ClN2O4S/c1-30-20-9-8-16(11-21(20)31-2)19(28)13-27(12-15-6-7-15)24(29)22-23(32-14-26-22)17-4-3-5-18(25)10-17/h3-5,8-11,14-15,19,28H,6-7,12-13H2,1-2H3. The van der Waals surface area contributed by atoms with E-state index in [4.69, 9.17) is 21.1 Å². The Hall–Kier alpha value is -2.61. The molecule has 0 saturated heterocycles. The van der Waals surface area contributed by atoms with Crippen molar-refractivity contribution in [2.24, 2.45) is 5.92 Å². The number of amides is 1. The van der Waals surface area contributed by atoms with E-state index in [0.717, 1.165) is 23.3 Å². The maximum absolute atomic E-state index is 13.5. The number of halogens is 1. The summed E-state index contributed by atoms with van der Waals surface area (Å²) < 4.78 is 10.6. The highest BCUT2D eigenvalue weighted by atomic mass is 35.5. The van der Waals surface area contributed by atoms with Crippen LogP contribution in [0.2, 0.25) is 5.02 Å². The molecule has 1 N–H and O–H groups in total. The third kappa shape index (κ3) is 5.06. The maximum atomic E-state index is 13.5. The molecule has 1 atom stereocenters. The Balaban J connectivity index is 1.58. The number of ether oxygens (including phenoxy) is 2. The molecular formula is C24H25ClN2O4S. The Morgan fingerprint density at radius 2 is 2.00 bits per heavy atom. The Labute approximate surface area is 196 Å². The van der Waals surface area contributed by atoms with Crippen LogP contribution in [0.3, 0.4) is 0 Å². The van der Waals surface area contributed by atoms with Crippen molar-refractivity contribution < 1.29 is 19.4 Å². The number of carbonyl (C=O) groups is 1. The van der Waals surface area contributed by atoms with E-state index in [2.05, 4.69) is 4.98 Å². The second-order valence-corrected chi connectivity index (χ2v) is 9.12. The van der Waals surface area contributed by atoms with E-state index in [9.17, 15) is 9.90 Å². The topological polar surface area (TPSA) is 71.9 Å². The van der Waals surface area contributed by atoms with Gasteiger partial charge in [-0.1, -0.05) is 29.8 Å². The number of hydrogen-bond donors (Lipinski definition) is 1. The number of carbonyl (C=O) groups excluding carboxylic acids is 1. The molecule has 4 rings (SSSR count). The molecule has 0 spiro atoms. The van der Waals surface area contributed by atoms with Crippen LogP contribution < -0.4 is 9.47 Å². The van der Waals surface area contributed by atoms with E-state index in [1.165, 1.54) is 11.3 Å². The lowest BCUT2D eigenvalue weighted by atomic mass is 10.1. The van der Waals surface area contributed by atoms with Gasteiger partial charge in [-0.3, -0.25) is 4.79 Å². The smallest absolute Gasteiger partial charge is 0.274 e. The quantitative estimate of drug-likeness (QED) is 0.471. The Morgan fingerprint density at radius 1 is 1.22 bits per heavy atom. The molecule has 1 unspecified atom stereocenters. The number of aliphatic hydroxyl groups is 1. The van der Waals surface area contributed by atoms with Crippen LogP contribution in [0.25, 0.3) is 10.4 Å². The highest BCUT2D eigenvalue weighted by Crippen LogP contribution is 2.35. The number of benzene rings is 2. The lowest BCUT2D eigenvalue weighted by Gasteiger charge is -2.26. The molecule has 0 bridgehead atoms. The van der Waals surface area contributed by atoms with E-state index in [-0.39, 0.29) is 12.5 Å². The van der Waals surface area contributed by atoms with Gasteiger partial charge >= 0.3 is 0 Å². The van der Waals surface area contributed by atoms with Crippen molar-refractivity contribution in [3.05, 3.63) is 64.3 Å². The van der Waals surface area contributed by atoms with E-state index in [1.807, 2.05) is 18.2 Å². The van der Waals surface area contributed by atoms with Gasteiger partial charge in [-0.05, 0) is 54.2 Å². The first-order chi connectivity index (χ1) is 15.5. The third-order valence-corrected chi connectivity index (χ3v) is 6.62. The van der Waals surface area contributed by atoms with Crippen molar-refractivity contribution in [1.82, 2.24) is 9.88 Å². The largest absolute Gasteiger partial charge is 0.493 e. The summed E-state index contributed by atoms with van der Waals surface area (Å²) in [7, 11) is 3.12. The van der Waals surface area contributed by atoms with Crippen molar-refractivity contribution in [3.63, 3.8) is 0 Å². The first kappa shape index (κ1) is 22.6. The second kappa shape index (κ2) is 9.90. The van der Waals surface area contributed by atoms with Crippen molar-refractivity contribution in [3.8, 4) is 21.9 Å². The zero-order chi connectivity index (χ0) is 22.7. The van der Waals surface area contributed by atoms with Gasteiger partial charge in [-0.2, -0.15) is 0 Å². The SMILES string of the molecule is COc1ccc(C(O)CN(CC2CC2)C(=O)c2ncsc2-c2cccc(Cl)c2)cc1OC. The minimum atomic E-state index is -0.870. The zero-order valence-electron chi connectivity index (χ0n) is 18.0. The molecule has 0 aliphatic heterocycles. The predicted octanol–water partition coefficient (Wildman–Crippen LogP) is 5.07. The van der Waals surface area contributed by atoms with Crippen LogP contribution >= 0.6 is 22.9 Å². The molecule has 8 heteroatoms. The minimum absolute atomic E-state index is 0.164. The fourth-order valence-electron chi connectivity index (χ4n) is 3.61. The number of aliphatic hydroxyl groups excluding tert-OH is 1. The fourth-order valence-corrected chi connectivity index (χ4v) is 4.58. The summed E-state index contributed by atoms with van der Waals surface area (Å²) in [4.78, 5) is 20.4. The molecule has 6 nitrogen and oxygen atoms in total. The summed E-state index contributed by atoms with van der Waals surface area (Å²) in [6.45, 7) is 0.757. The molecule has 1 saturated carbocycles. The fraction of sp³-hybridized carbons (Fsp3) is 0.333. The minimum Gasteiger partial charge on any atom is -0.493 e. The first-order valence-electron chi connectivity index (χ1n) is 10.4. The van der Waals surface area contributed by atoms with Crippen LogP contribution in [0.5, 0.6) is 11.5 Å². The zero-order valence-corrected chi connectivity index (χ0v) is 19.5. The van der Waals surface area contributed by atoms with E-state index < -0.39 is 6.10 Å². The highest BCUT2D eigenvalue weighted by Gasteiger charge is 2.31. The molecule has 3 aromatic rings. The molecular weight excluding hydrogens is 448 g/mol. The van der Waals surface area contributed by atoms with Crippen LogP contribution in [0.4, 0.5) is 0 Å². The van der Waals surface area contributed by atoms with Crippen LogP contribution in [-0.4, -0.2) is 48.2 Å². The van der Waals surface area contributed by atoms with Gasteiger partial charge in [-0.25, -0.2) is 4.98 Å². The highest BCUT2D eigenvalue weighted by molar-refractivity contribution is 7.13. The third-order valence-electron chi connectivity index (χ3n) is 5.51. The normalized spacial score (nSPS) is 14.1. The molecule has 0 radical (unpaired) electrons. The Bertz CT molecular complexity index is 1100. The predicted molar refractivity (Wildman–Crippen MR) is 126 cm³/mol. The van der Waals surface area contributed by atoms with Crippen LogP contribution in [0.15, 0.2) is 48.0 Å². The average molecular weight is 473 g/mol. The number of methoxy groups -OCH3 is 2. The summed E-state index contributed by atoms with van der Waals surface area (Å²) in [5.74, 6) is 1.40. The van der Waals surface area contributed by atoms with Crippen LogP contribution in [0, 0.1) is 5.92 Å². The van der Waals surface area contributed by atoms with Crippen molar-refractivity contribution in [2.45, 2.75) is 18.9 Å². The van der Waals surface area contributed by atoms with Gasteiger partial charge < -0.3 is 19.5 Å². The van der Waals surface area contributed by atoms with Gasteiger partial charge in [0.15, 0.2) is 11.5 Å². The van der Waals surface area contributed by atoms with Gasteiger partial charge in [0.05, 0.1) is 37.3 Å². The number of thiazole rings is 1. The number of hydrogen-bond acceptors (Lipinski definition) is 6. The molecule has 168 valence electrons. The molecule has 1 aliphatic carbocycles. The lowest BCUT2D eigenvalue weighted by Crippen LogP contribution is -2.37. The summed E-state index contributed by atoms with van der Waals surface area (Å²) in [5, 5.41) is 11.6. The lowest BCUT2D eigenvalue weighted by molar-refractivity contribution is 0.0606. The maximum Gasteiger partial charge on any atom is 0.274 e. The molecule has 1 heterocycles. The Morgan fingerprint density at radius 3 is 2.69 bits per heavy atom. The second-order valence-electron chi connectivity index (χ2n) is 7.82. The monoisotopic (exact) mass is 472 g/mol. The number of rotatable bonds is 9. The Kier molecular flexibility index (Phi) is 6.98. The van der Waals surface area contributed by atoms with E-state index in [1.54, 1.807) is 48.9 Å². The van der Waals surface area contributed by atoms with E-state index in [0.29, 0.717) is 40.2 Å². The summed E-state index contributed by atoms with van der Waals surface area (Å²) in [6.07, 6.45) is 1.31. The molecule has 1 aromatic heterocycles. The van der Waals surface area contributed by atoms with Gasteiger partial charge in [0.1, 0.15) is 5.69 Å². The first-order valence-corrected chi connectivity index (χ1v) is 11.6. The molecule has 1 fully saturated rings. The number of nitrogens with zero attached hydrogens (tertiary/aromatic N) is 2. The summed E-state index contributed by atoms with van der Waals surface area (Å²) in [6, 6.07) is 12.7. The summed E-state index contributed by atoms with van der Waals surface area (Å²) in [5.41, 5.74) is 3.57. The molecule has 1 aliphatic rings. The summed E-state index contributed by atoms with van der Waals surface area (Å²) >= 11 is 7.56. The van der Waals surface area contributed by atoms with Crippen molar-refractivity contribution >= 4 is 28.8 Å². The molecule has 2 aromatic carbocycles. The van der Waals surface area contributed by atoms with Crippen LogP contribution in [0.1, 0.15) is 35.0 Å². The van der Waals surface area contributed by atoms with Gasteiger partial charge in [-0.15, -0.1) is 11.3 Å². The van der Waals surface area contributed by atoms with Gasteiger partial charge in [0, 0.05) is 11.6 Å². The molecule has 32 heavy (non-hydrogen) atoms. The van der Waals surface area contributed by atoms with Crippen molar-refractivity contribution in [2.75, 3.05) is 27.3 Å². The van der Waals surface area contributed by atoms with E-state index >= 15 is 0 Å². The van der Waals surface area contributed by atoms with Gasteiger partial charge in [0.2, 0.25) is 0 Å². The van der Waals surface area contributed by atoms with Gasteiger partial charge in [0.25, 0.3) is 5.91 Å². The molecule has 1 amide bonds.